The Kier molecular flexibility index (Phi) is 5.17. The van der Waals surface area contributed by atoms with Crippen LogP contribution in [0.25, 0.3) is 0 Å². The third-order valence-corrected chi connectivity index (χ3v) is 2.59. The standard InChI is InChI=1S/C13H17NO4/c1-3-14(9-13(16)17)12(15)8-10-6-4-5-7-11(10)18-2/h4-7H,3,8-9H2,1-2H3,(H,16,17). The summed E-state index contributed by atoms with van der Waals surface area (Å²) in [4.78, 5) is 23.9. The summed E-state index contributed by atoms with van der Waals surface area (Å²) in [5, 5.41) is 8.71. The van der Waals surface area contributed by atoms with Crippen LogP contribution >= 0.6 is 0 Å². The highest BCUT2D eigenvalue weighted by Crippen LogP contribution is 2.18. The Bertz CT molecular complexity index is 431. The largest absolute Gasteiger partial charge is 0.496 e. The van der Waals surface area contributed by atoms with Crippen molar-refractivity contribution >= 4 is 11.9 Å². The molecule has 0 unspecified atom stereocenters. The molecule has 0 aromatic heterocycles. The lowest BCUT2D eigenvalue weighted by molar-refractivity contribution is -0.144. The van der Waals surface area contributed by atoms with Gasteiger partial charge in [0.2, 0.25) is 5.91 Å². The van der Waals surface area contributed by atoms with E-state index < -0.39 is 5.97 Å². The van der Waals surface area contributed by atoms with Gasteiger partial charge >= 0.3 is 5.97 Å². The highest BCUT2D eigenvalue weighted by molar-refractivity contribution is 5.83. The van der Waals surface area contributed by atoms with Crippen LogP contribution in [-0.4, -0.2) is 42.1 Å². The predicted molar refractivity (Wildman–Crippen MR) is 66.6 cm³/mol. The second-order valence-electron chi connectivity index (χ2n) is 3.79. The lowest BCUT2D eigenvalue weighted by Crippen LogP contribution is -2.36. The average Bonchev–Trinajstić information content (AvgIpc) is 2.36. The van der Waals surface area contributed by atoms with E-state index in [4.69, 9.17) is 9.84 Å². The molecule has 1 aromatic rings. The van der Waals surface area contributed by atoms with Crippen molar-refractivity contribution in [3.63, 3.8) is 0 Å². The van der Waals surface area contributed by atoms with Gasteiger partial charge in [-0.1, -0.05) is 18.2 Å². The number of carbonyl (C=O) groups is 2. The second kappa shape index (κ2) is 6.64. The molecular formula is C13H17NO4. The van der Waals surface area contributed by atoms with Gasteiger partial charge < -0.3 is 14.7 Å². The van der Waals surface area contributed by atoms with Gasteiger partial charge in [-0.3, -0.25) is 9.59 Å². The summed E-state index contributed by atoms with van der Waals surface area (Å²) in [6, 6.07) is 7.21. The van der Waals surface area contributed by atoms with E-state index in [1.165, 1.54) is 12.0 Å². The predicted octanol–water partition coefficient (Wildman–Crippen LogP) is 1.17. The lowest BCUT2D eigenvalue weighted by Gasteiger charge is -2.19. The fraction of sp³-hybridized carbons (Fsp3) is 0.385. The number of para-hydroxylation sites is 1. The van der Waals surface area contributed by atoms with Crippen molar-refractivity contribution < 1.29 is 19.4 Å². The zero-order valence-electron chi connectivity index (χ0n) is 10.5. The number of likely N-dealkylation sites (N-methyl/N-ethyl adjacent to an activating group) is 1. The molecule has 1 rings (SSSR count). The monoisotopic (exact) mass is 251 g/mol. The summed E-state index contributed by atoms with van der Waals surface area (Å²) in [6.07, 6.45) is 0.144. The number of rotatable bonds is 6. The molecule has 0 aliphatic carbocycles. The molecule has 0 saturated carbocycles. The van der Waals surface area contributed by atoms with Crippen molar-refractivity contribution in [1.29, 1.82) is 0 Å². The maximum atomic E-state index is 12.0. The number of carboxylic acid groups (broad SMARTS) is 1. The molecule has 0 atom stereocenters. The zero-order chi connectivity index (χ0) is 13.5. The number of nitrogens with zero attached hydrogens (tertiary/aromatic N) is 1. The number of benzene rings is 1. The van der Waals surface area contributed by atoms with Crippen LogP contribution in [0.15, 0.2) is 24.3 Å². The molecule has 1 aromatic carbocycles. The highest BCUT2D eigenvalue weighted by atomic mass is 16.5. The Morgan fingerprint density at radius 2 is 2.00 bits per heavy atom. The SMILES string of the molecule is CCN(CC(=O)O)C(=O)Cc1ccccc1OC. The zero-order valence-corrected chi connectivity index (χ0v) is 10.5. The first-order valence-corrected chi connectivity index (χ1v) is 5.70. The molecule has 5 nitrogen and oxygen atoms in total. The number of amides is 1. The van der Waals surface area contributed by atoms with Gasteiger partial charge in [-0.05, 0) is 13.0 Å². The third kappa shape index (κ3) is 3.76. The Hall–Kier alpha value is -2.04. The van der Waals surface area contributed by atoms with E-state index in [0.29, 0.717) is 12.3 Å². The molecule has 1 N–H and O–H groups in total. The second-order valence-corrected chi connectivity index (χ2v) is 3.79. The normalized spacial score (nSPS) is 9.89. The molecule has 0 radical (unpaired) electrons. The van der Waals surface area contributed by atoms with Crippen LogP contribution in [0.4, 0.5) is 0 Å². The van der Waals surface area contributed by atoms with Gasteiger partial charge in [0, 0.05) is 12.1 Å². The van der Waals surface area contributed by atoms with E-state index in [-0.39, 0.29) is 18.9 Å². The van der Waals surface area contributed by atoms with Crippen LogP contribution in [0.5, 0.6) is 5.75 Å². The number of aliphatic carboxylic acids is 1. The van der Waals surface area contributed by atoms with Gasteiger partial charge in [-0.2, -0.15) is 0 Å². The Balaban J connectivity index is 2.76. The quantitative estimate of drug-likeness (QED) is 0.824. The van der Waals surface area contributed by atoms with Gasteiger partial charge in [0.05, 0.1) is 13.5 Å². The first-order chi connectivity index (χ1) is 8.58. The molecule has 5 heteroatoms. The maximum Gasteiger partial charge on any atom is 0.323 e. The Morgan fingerprint density at radius 1 is 1.33 bits per heavy atom. The molecule has 1 amide bonds. The molecule has 0 aliphatic rings. The summed E-state index contributed by atoms with van der Waals surface area (Å²) in [7, 11) is 1.54. The molecule has 0 fully saturated rings. The number of hydrogen-bond acceptors (Lipinski definition) is 3. The Morgan fingerprint density at radius 3 is 2.56 bits per heavy atom. The first kappa shape index (κ1) is 14.0. The minimum atomic E-state index is -1.01. The highest BCUT2D eigenvalue weighted by Gasteiger charge is 2.16. The van der Waals surface area contributed by atoms with E-state index in [1.807, 2.05) is 12.1 Å². The number of carboxylic acids is 1. The van der Waals surface area contributed by atoms with Crippen LogP contribution in [0.1, 0.15) is 12.5 Å². The number of hydrogen-bond donors (Lipinski definition) is 1. The van der Waals surface area contributed by atoms with Gasteiger partial charge in [0.25, 0.3) is 0 Å². The van der Waals surface area contributed by atoms with Crippen molar-refractivity contribution in [2.75, 3.05) is 20.2 Å². The molecule has 0 bridgehead atoms. The number of methoxy groups -OCH3 is 1. The van der Waals surface area contributed by atoms with E-state index in [1.54, 1.807) is 19.1 Å². The van der Waals surface area contributed by atoms with Crippen molar-refractivity contribution in [2.45, 2.75) is 13.3 Å². The van der Waals surface area contributed by atoms with Crippen molar-refractivity contribution in [1.82, 2.24) is 4.90 Å². The summed E-state index contributed by atoms with van der Waals surface area (Å²) in [6.45, 7) is 1.85. The fourth-order valence-corrected chi connectivity index (χ4v) is 1.66. The van der Waals surface area contributed by atoms with E-state index >= 15 is 0 Å². The molecule has 0 saturated heterocycles. The van der Waals surface area contributed by atoms with E-state index in [2.05, 4.69) is 0 Å². The van der Waals surface area contributed by atoms with Crippen LogP contribution in [0, 0.1) is 0 Å². The third-order valence-electron chi connectivity index (χ3n) is 2.59. The smallest absolute Gasteiger partial charge is 0.323 e. The molecule has 0 heterocycles. The van der Waals surface area contributed by atoms with Crippen molar-refractivity contribution in [2.24, 2.45) is 0 Å². The van der Waals surface area contributed by atoms with Gasteiger partial charge in [0.15, 0.2) is 0 Å². The minimum Gasteiger partial charge on any atom is -0.496 e. The molecule has 98 valence electrons. The van der Waals surface area contributed by atoms with Crippen LogP contribution in [0.2, 0.25) is 0 Å². The summed E-state index contributed by atoms with van der Waals surface area (Å²) >= 11 is 0. The van der Waals surface area contributed by atoms with E-state index in [9.17, 15) is 9.59 Å². The first-order valence-electron chi connectivity index (χ1n) is 5.70. The van der Waals surface area contributed by atoms with Gasteiger partial charge in [-0.15, -0.1) is 0 Å². The van der Waals surface area contributed by atoms with Crippen molar-refractivity contribution in [3.8, 4) is 5.75 Å². The maximum absolute atomic E-state index is 12.0. The number of carbonyl (C=O) groups excluding carboxylic acids is 1. The lowest BCUT2D eigenvalue weighted by atomic mass is 10.1. The van der Waals surface area contributed by atoms with Crippen LogP contribution in [-0.2, 0) is 16.0 Å². The summed E-state index contributed by atoms with van der Waals surface area (Å²) in [5.41, 5.74) is 0.758. The molecule has 0 aliphatic heterocycles. The summed E-state index contributed by atoms with van der Waals surface area (Å²) in [5.74, 6) is -0.591. The number of ether oxygens (including phenoxy) is 1. The van der Waals surface area contributed by atoms with Crippen LogP contribution < -0.4 is 4.74 Å². The van der Waals surface area contributed by atoms with Crippen molar-refractivity contribution in [3.05, 3.63) is 29.8 Å². The molecular weight excluding hydrogens is 234 g/mol. The van der Waals surface area contributed by atoms with E-state index in [0.717, 1.165) is 5.56 Å². The topological polar surface area (TPSA) is 66.8 Å². The fourth-order valence-electron chi connectivity index (χ4n) is 1.66. The van der Waals surface area contributed by atoms with Gasteiger partial charge in [-0.25, -0.2) is 0 Å². The minimum absolute atomic E-state index is 0.144. The molecule has 18 heavy (non-hydrogen) atoms. The van der Waals surface area contributed by atoms with Gasteiger partial charge in [0.1, 0.15) is 12.3 Å². The summed E-state index contributed by atoms with van der Waals surface area (Å²) < 4.78 is 5.15. The Labute approximate surface area is 106 Å². The van der Waals surface area contributed by atoms with Crippen LogP contribution in [0.3, 0.4) is 0 Å². The molecule has 0 spiro atoms. The average molecular weight is 251 g/mol.